The summed E-state index contributed by atoms with van der Waals surface area (Å²) in [5, 5.41) is 3.66. The molecular weight excluding hydrogens is 210 g/mol. The quantitative estimate of drug-likeness (QED) is 0.767. The lowest BCUT2D eigenvalue weighted by Gasteiger charge is -2.36. The van der Waals surface area contributed by atoms with Crippen molar-refractivity contribution in [3.8, 4) is 0 Å². The molecule has 1 fully saturated rings. The molecular formula is C15H31NO. The Kier molecular flexibility index (Phi) is 6.50. The molecule has 2 heteroatoms. The lowest BCUT2D eigenvalue weighted by molar-refractivity contribution is -0.0172. The normalized spacial score (nSPS) is 31.8. The first-order valence-corrected chi connectivity index (χ1v) is 7.40. The van der Waals surface area contributed by atoms with Crippen LogP contribution in [-0.2, 0) is 4.74 Å². The maximum absolute atomic E-state index is 6.13. The summed E-state index contributed by atoms with van der Waals surface area (Å²) in [4.78, 5) is 0. The molecule has 0 aromatic heterocycles. The van der Waals surface area contributed by atoms with E-state index in [0.717, 1.165) is 12.5 Å². The molecule has 0 saturated carbocycles. The van der Waals surface area contributed by atoms with Gasteiger partial charge in [-0.1, -0.05) is 27.7 Å². The third-order valence-corrected chi connectivity index (χ3v) is 3.74. The predicted octanol–water partition coefficient (Wildman–Crippen LogP) is 3.60. The van der Waals surface area contributed by atoms with Crippen molar-refractivity contribution in [2.75, 3.05) is 6.61 Å². The summed E-state index contributed by atoms with van der Waals surface area (Å²) in [5.74, 6) is 1.46. The average molecular weight is 241 g/mol. The van der Waals surface area contributed by atoms with Crippen LogP contribution in [0.2, 0.25) is 0 Å². The second kappa shape index (κ2) is 7.38. The number of piperidine rings is 1. The molecule has 0 bridgehead atoms. The summed E-state index contributed by atoms with van der Waals surface area (Å²) in [6.45, 7) is 12.3. The standard InChI is InChI=1S/C15H31NO/c1-6-14-15(8-7-13(5)16-14)17-10-12(4)9-11(2)3/h11-16H,6-10H2,1-5H3. The van der Waals surface area contributed by atoms with E-state index in [-0.39, 0.29) is 0 Å². The molecule has 1 rings (SSSR count). The van der Waals surface area contributed by atoms with Crippen LogP contribution in [0, 0.1) is 11.8 Å². The van der Waals surface area contributed by atoms with Crippen LogP contribution in [0.1, 0.15) is 60.3 Å². The summed E-state index contributed by atoms with van der Waals surface area (Å²) in [5.41, 5.74) is 0. The second-order valence-electron chi connectivity index (χ2n) is 6.27. The van der Waals surface area contributed by atoms with Crippen molar-refractivity contribution >= 4 is 0 Å². The highest BCUT2D eigenvalue weighted by atomic mass is 16.5. The minimum Gasteiger partial charge on any atom is -0.376 e. The van der Waals surface area contributed by atoms with Crippen LogP contribution >= 0.6 is 0 Å². The monoisotopic (exact) mass is 241 g/mol. The largest absolute Gasteiger partial charge is 0.376 e. The van der Waals surface area contributed by atoms with E-state index in [0.29, 0.717) is 24.1 Å². The van der Waals surface area contributed by atoms with E-state index in [1.165, 1.54) is 25.7 Å². The Morgan fingerprint density at radius 2 is 1.94 bits per heavy atom. The highest BCUT2D eigenvalue weighted by Crippen LogP contribution is 2.20. The van der Waals surface area contributed by atoms with Gasteiger partial charge in [0, 0.05) is 18.7 Å². The number of nitrogens with one attached hydrogen (secondary N) is 1. The van der Waals surface area contributed by atoms with E-state index >= 15 is 0 Å². The van der Waals surface area contributed by atoms with E-state index in [9.17, 15) is 0 Å². The van der Waals surface area contributed by atoms with Crippen molar-refractivity contribution in [1.29, 1.82) is 0 Å². The van der Waals surface area contributed by atoms with Gasteiger partial charge in [0.2, 0.25) is 0 Å². The molecule has 2 nitrogen and oxygen atoms in total. The van der Waals surface area contributed by atoms with Crippen molar-refractivity contribution in [3.05, 3.63) is 0 Å². The van der Waals surface area contributed by atoms with Gasteiger partial charge >= 0.3 is 0 Å². The molecule has 1 aliphatic rings. The Morgan fingerprint density at radius 1 is 1.24 bits per heavy atom. The first kappa shape index (κ1) is 15.0. The zero-order valence-corrected chi connectivity index (χ0v) is 12.3. The molecule has 1 heterocycles. The molecule has 0 radical (unpaired) electrons. The van der Waals surface area contributed by atoms with Crippen LogP contribution in [0.25, 0.3) is 0 Å². The Balaban J connectivity index is 2.29. The van der Waals surface area contributed by atoms with Crippen molar-refractivity contribution < 1.29 is 4.74 Å². The first-order chi connectivity index (χ1) is 8.02. The highest BCUT2D eigenvalue weighted by Gasteiger charge is 2.27. The molecule has 1 N–H and O–H groups in total. The Hall–Kier alpha value is -0.0800. The van der Waals surface area contributed by atoms with Gasteiger partial charge < -0.3 is 10.1 Å². The predicted molar refractivity (Wildman–Crippen MR) is 74.3 cm³/mol. The third-order valence-electron chi connectivity index (χ3n) is 3.74. The van der Waals surface area contributed by atoms with Gasteiger partial charge in [-0.15, -0.1) is 0 Å². The maximum Gasteiger partial charge on any atom is 0.0728 e. The van der Waals surface area contributed by atoms with E-state index in [1.807, 2.05) is 0 Å². The fourth-order valence-corrected chi connectivity index (χ4v) is 2.91. The average Bonchev–Trinajstić information content (AvgIpc) is 2.26. The van der Waals surface area contributed by atoms with Crippen molar-refractivity contribution in [2.24, 2.45) is 11.8 Å². The smallest absolute Gasteiger partial charge is 0.0728 e. The van der Waals surface area contributed by atoms with Gasteiger partial charge in [-0.25, -0.2) is 0 Å². The minimum absolute atomic E-state index is 0.436. The zero-order valence-electron chi connectivity index (χ0n) is 12.3. The number of hydrogen-bond donors (Lipinski definition) is 1. The lowest BCUT2D eigenvalue weighted by Crippen LogP contribution is -2.50. The van der Waals surface area contributed by atoms with Gasteiger partial charge in [0.25, 0.3) is 0 Å². The summed E-state index contributed by atoms with van der Waals surface area (Å²) < 4.78 is 6.13. The lowest BCUT2D eigenvalue weighted by atomic mass is 9.94. The zero-order chi connectivity index (χ0) is 12.8. The molecule has 17 heavy (non-hydrogen) atoms. The summed E-state index contributed by atoms with van der Waals surface area (Å²) >= 11 is 0. The molecule has 0 aromatic carbocycles. The first-order valence-electron chi connectivity index (χ1n) is 7.40. The van der Waals surface area contributed by atoms with Gasteiger partial charge in [0.1, 0.15) is 0 Å². The van der Waals surface area contributed by atoms with Crippen LogP contribution in [0.4, 0.5) is 0 Å². The van der Waals surface area contributed by atoms with Crippen LogP contribution < -0.4 is 5.32 Å². The summed E-state index contributed by atoms with van der Waals surface area (Å²) in [6.07, 6.45) is 5.35. The molecule has 0 spiro atoms. The molecule has 102 valence electrons. The van der Waals surface area contributed by atoms with Crippen molar-refractivity contribution in [1.82, 2.24) is 5.32 Å². The highest BCUT2D eigenvalue weighted by molar-refractivity contribution is 4.85. The molecule has 1 aliphatic heterocycles. The van der Waals surface area contributed by atoms with Crippen LogP contribution in [0.5, 0.6) is 0 Å². The van der Waals surface area contributed by atoms with Gasteiger partial charge in [-0.2, -0.15) is 0 Å². The number of ether oxygens (including phenoxy) is 1. The Labute approximate surface area is 108 Å². The van der Waals surface area contributed by atoms with E-state index in [2.05, 4.69) is 39.9 Å². The number of rotatable bonds is 6. The van der Waals surface area contributed by atoms with Crippen LogP contribution in [0.15, 0.2) is 0 Å². The number of hydrogen-bond acceptors (Lipinski definition) is 2. The SMILES string of the molecule is CCC1NC(C)CCC1OCC(C)CC(C)C. The summed E-state index contributed by atoms with van der Waals surface area (Å²) in [6, 6.07) is 1.22. The fourth-order valence-electron chi connectivity index (χ4n) is 2.91. The molecule has 4 unspecified atom stereocenters. The fraction of sp³-hybridized carbons (Fsp3) is 1.00. The van der Waals surface area contributed by atoms with E-state index < -0.39 is 0 Å². The van der Waals surface area contributed by atoms with E-state index in [4.69, 9.17) is 4.74 Å². The van der Waals surface area contributed by atoms with Gasteiger partial charge in [-0.3, -0.25) is 0 Å². The molecule has 4 atom stereocenters. The third kappa shape index (κ3) is 5.39. The second-order valence-corrected chi connectivity index (χ2v) is 6.27. The molecule has 0 amide bonds. The van der Waals surface area contributed by atoms with E-state index in [1.54, 1.807) is 0 Å². The van der Waals surface area contributed by atoms with Crippen molar-refractivity contribution in [3.63, 3.8) is 0 Å². The Morgan fingerprint density at radius 3 is 2.53 bits per heavy atom. The van der Waals surface area contributed by atoms with Crippen molar-refractivity contribution in [2.45, 2.75) is 78.5 Å². The van der Waals surface area contributed by atoms with Crippen LogP contribution in [-0.4, -0.2) is 24.8 Å². The molecule has 1 saturated heterocycles. The molecule has 0 aromatic rings. The summed E-state index contributed by atoms with van der Waals surface area (Å²) in [7, 11) is 0. The maximum atomic E-state index is 6.13. The minimum atomic E-state index is 0.436. The van der Waals surface area contributed by atoms with Crippen LogP contribution in [0.3, 0.4) is 0 Å². The Bertz CT molecular complexity index is 205. The van der Waals surface area contributed by atoms with Gasteiger partial charge in [0.15, 0.2) is 0 Å². The topological polar surface area (TPSA) is 21.3 Å². The van der Waals surface area contributed by atoms with Gasteiger partial charge in [-0.05, 0) is 44.4 Å². The molecule has 0 aliphatic carbocycles. The van der Waals surface area contributed by atoms with Gasteiger partial charge in [0.05, 0.1) is 6.10 Å².